The molecule has 1 heterocycles. The van der Waals surface area contributed by atoms with E-state index in [2.05, 4.69) is 34.3 Å². The first-order chi connectivity index (χ1) is 6.77. The van der Waals surface area contributed by atoms with Crippen molar-refractivity contribution in [3.05, 3.63) is 33.1 Å². The third-order valence-corrected chi connectivity index (χ3v) is 3.95. The highest BCUT2D eigenvalue weighted by atomic mass is 79.9. The summed E-state index contributed by atoms with van der Waals surface area (Å²) in [5.41, 5.74) is 1.95. The first kappa shape index (κ1) is 9.87. The van der Waals surface area contributed by atoms with Gasteiger partial charge in [-0.1, -0.05) is 22.9 Å². The lowest BCUT2D eigenvalue weighted by Crippen LogP contribution is -1.92. The van der Waals surface area contributed by atoms with Crippen LogP contribution in [0.5, 0.6) is 0 Å². The molecule has 0 aliphatic rings. The van der Waals surface area contributed by atoms with E-state index in [1.165, 1.54) is 10.1 Å². The molecule has 0 N–H and O–H groups in total. The summed E-state index contributed by atoms with van der Waals surface area (Å²) < 4.78 is 2.13. The third kappa shape index (κ3) is 1.41. The van der Waals surface area contributed by atoms with Gasteiger partial charge in [0.15, 0.2) is 6.29 Å². The Kier molecular flexibility index (Phi) is 2.70. The highest BCUT2D eigenvalue weighted by molar-refractivity contribution is 9.10. The second-order valence-electron chi connectivity index (χ2n) is 3.06. The predicted molar refractivity (Wildman–Crippen MR) is 64.3 cm³/mol. The standard InChI is InChI=1S/C11H9BrOS/c1-2-8-9(6-13)10(12)5-7-3-4-14-11(7)8/h3-6H,2H2,1H3. The van der Waals surface area contributed by atoms with Gasteiger partial charge >= 0.3 is 0 Å². The maximum Gasteiger partial charge on any atom is 0.151 e. The molecule has 0 aliphatic heterocycles. The Labute approximate surface area is 94.9 Å². The van der Waals surface area contributed by atoms with Gasteiger partial charge in [0, 0.05) is 14.7 Å². The van der Waals surface area contributed by atoms with Gasteiger partial charge in [0.25, 0.3) is 0 Å². The summed E-state index contributed by atoms with van der Waals surface area (Å²) in [6.45, 7) is 2.08. The first-order valence-corrected chi connectivity index (χ1v) is 6.09. The highest BCUT2D eigenvalue weighted by Crippen LogP contribution is 2.32. The van der Waals surface area contributed by atoms with Crippen LogP contribution in [-0.2, 0) is 6.42 Å². The Hall–Kier alpha value is -0.670. The maximum atomic E-state index is 10.9. The number of thiophene rings is 1. The van der Waals surface area contributed by atoms with E-state index in [1.807, 2.05) is 6.07 Å². The van der Waals surface area contributed by atoms with Crippen LogP contribution < -0.4 is 0 Å². The van der Waals surface area contributed by atoms with E-state index >= 15 is 0 Å². The fourth-order valence-corrected chi connectivity index (χ4v) is 3.23. The molecule has 14 heavy (non-hydrogen) atoms. The predicted octanol–water partition coefficient (Wildman–Crippen LogP) is 4.04. The van der Waals surface area contributed by atoms with Crippen LogP contribution in [0.1, 0.15) is 22.8 Å². The van der Waals surface area contributed by atoms with Crippen LogP contribution in [0, 0.1) is 0 Å². The van der Waals surface area contributed by atoms with Crippen molar-refractivity contribution in [1.29, 1.82) is 0 Å². The Balaban J connectivity index is 2.88. The molecule has 2 aromatic rings. The van der Waals surface area contributed by atoms with E-state index in [9.17, 15) is 4.79 Å². The van der Waals surface area contributed by atoms with Gasteiger partial charge in [0.2, 0.25) is 0 Å². The number of hydrogen-bond acceptors (Lipinski definition) is 2. The molecule has 1 aromatic carbocycles. The molecule has 0 amide bonds. The molecule has 0 spiro atoms. The Morgan fingerprint density at radius 2 is 2.36 bits per heavy atom. The molecule has 1 nitrogen and oxygen atoms in total. The van der Waals surface area contributed by atoms with E-state index in [0.717, 1.165) is 28.3 Å². The number of carbonyl (C=O) groups is 1. The van der Waals surface area contributed by atoms with Crippen molar-refractivity contribution >= 4 is 43.6 Å². The average molecular weight is 269 g/mol. The molecule has 0 radical (unpaired) electrons. The molecule has 0 saturated carbocycles. The van der Waals surface area contributed by atoms with Gasteiger partial charge in [-0.25, -0.2) is 0 Å². The molecule has 2 rings (SSSR count). The van der Waals surface area contributed by atoms with Crippen molar-refractivity contribution in [2.45, 2.75) is 13.3 Å². The Morgan fingerprint density at radius 3 is 3.00 bits per heavy atom. The van der Waals surface area contributed by atoms with Gasteiger partial charge in [-0.2, -0.15) is 0 Å². The SMILES string of the molecule is CCc1c(C=O)c(Br)cc2ccsc12. The zero-order chi connectivity index (χ0) is 10.1. The number of carbonyl (C=O) groups excluding carboxylic acids is 1. The molecule has 0 aliphatic carbocycles. The molecule has 0 bridgehead atoms. The number of halogens is 1. The first-order valence-electron chi connectivity index (χ1n) is 4.41. The Bertz CT molecular complexity index is 487. The van der Waals surface area contributed by atoms with E-state index < -0.39 is 0 Å². The van der Waals surface area contributed by atoms with Crippen LogP contribution in [0.3, 0.4) is 0 Å². The summed E-state index contributed by atoms with van der Waals surface area (Å²) in [5, 5.41) is 3.27. The molecular formula is C11H9BrOS. The van der Waals surface area contributed by atoms with Gasteiger partial charge in [-0.05, 0) is 34.9 Å². The van der Waals surface area contributed by atoms with Crippen molar-refractivity contribution in [2.75, 3.05) is 0 Å². The summed E-state index contributed by atoms with van der Waals surface area (Å²) in [6, 6.07) is 4.09. The fourth-order valence-electron chi connectivity index (χ4n) is 1.64. The van der Waals surface area contributed by atoms with Gasteiger partial charge in [0.05, 0.1) is 0 Å². The number of aryl methyl sites for hydroxylation is 1. The number of hydrogen-bond donors (Lipinski definition) is 0. The molecule has 0 saturated heterocycles. The van der Waals surface area contributed by atoms with Crippen molar-refractivity contribution in [3.63, 3.8) is 0 Å². The monoisotopic (exact) mass is 268 g/mol. The van der Waals surface area contributed by atoms with Crippen LogP contribution in [0.15, 0.2) is 22.0 Å². The lowest BCUT2D eigenvalue weighted by molar-refractivity contribution is 0.112. The molecule has 72 valence electrons. The van der Waals surface area contributed by atoms with E-state index in [4.69, 9.17) is 0 Å². The number of aldehydes is 1. The zero-order valence-electron chi connectivity index (χ0n) is 7.71. The van der Waals surface area contributed by atoms with Gasteiger partial charge in [-0.3, -0.25) is 4.79 Å². The lowest BCUT2D eigenvalue weighted by Gasteiger charge is -2.05. The molecular weight excluding hydrogens is 260 g/mol. The van der Waals surface area contributed by atoms with Crippen molar-refractivity contribution in [2.24, 2.45) is 0 Å². The molecule has 0 atom stereocenters. The smallest absolute Gasteiger partial charge is 0.151 e. The summed E-state index contributed by atoms with van der Waals surface area (Å²) >= 11 is 5.12. The molecule has 3 heteroatoms. The summed E-state index contributed by atoms with van der Waals surface area (Å²) in [6.07, 6.45) is 1.83. The largest absolute Gasteiger partial charge is 0.298 e. The second-order valence-corrected chi connectivity index (χ2v) is 4.83. The quantitative estimate of drug-likeness (QED) is 0.752. The van der Waals surface area contributed by atoms with Gasteiger partial charge in [0.1, 0.15) is 0 Å². The van der Waals surface area contributed by atoms with Crippen molar-refractivity contribution in [1.82, 2.24) is 0 Å². The zero-order valence-corrected chi connectivity index (χ0v) is 10.1. The van der Waals surface area contributed by atoms with Crippen LogP contribution in [-0.4, -0.2) is 6.29 Å². The lowest BCUT2D eigenvalue weighted by atomic mass is 10.0. The van der Waals surface area contributed by atoms with Crippen LogP contribution in [0.4, 0.5) is 0 Å². The second kappa shape index (κ2) is 3.83. The normalized spacial score (nSPS) is 10.7. The van der Waals surface area contributed by atoms with Crippen LogP contribution in [0.2, 0.25) is 0 Å². The van der Waals surface area contributed by atoms with Crippen molar-refractivity contribution in [3.8, 4) is 0 Å². The number of benzene rings is 1. The van der Waals surface area contributed by atoms with E-state index in [-0.39, 0.29) is 0 Å². The average Bonchev–Trinajstić information content (AvgIpc) is 2.62. The minimum atomic E-state index is 0.794. The molecule has 0 unspecified atom stereocenters. The highest BCUT2D eigenvalue weighted by Gasteiger charge is 2.10. The van der Waals surface area contributed by atoms with E-state index in [0.29, 0.717) is 0 Å². The van der Waals surface area contributed by atoms with Crippen LogP contribution in [0.25, 0.3) is 10.1 Å². The number of rotatable bonds is 2. The molecule has 1 aromatic heterocycles. The third-order valence-electron chi connectivity index (χ3n) is 2.31. The van der Waals surface area contributed by atoms with Crippen molar-refractivity contribution < 1.29 is 4.79 Å². The van der Waals surface area contributed by atoms with Gasteiger partial charge in [-0.15, -0.1) is 11.3 Å². The minimum absolute atomic E-state index is 0.794. The maximum absolute atomic E-state index is 10.9. The van der Waals surface area contributed by atoms with Gasteiger partial charge < -0.3 is 0 Å². The number of fused-ring (bicyclic) bond motifs is 1. The minimum Gasteiger partial charge on any atom is -0.298 e. The summed E-state index contributed by atoms with van der Waals surface area (Å²) in [5.74, 6) is 0. The topological polar surface area (TPSA) is 17.1 Å². The Morgan fingerprint density at radius 1 is 1.57 bits per heavy atom. The summed E-state index contributed by atoms with van der Waals surface area (Å²) in [7, 11) is 0. The van der Waals surface area contributed by atoms with Crippen LogP contribution >= 0.6 is 27.3 Å². The molecule has 0 fully saturated rings. The summed E-state index contributed by atoms with van der Waals surface area (Å²) in [4.78, 5) is 10.9. The fraction of sp³-hybridized carbons (Fsp3) is 0.182. The van der Waals surface area contributed by atoms with E-state index in [1.54, 1.807) is 11.3 Å².